The summed E-state index contributed by atoms with van der Waals surface area (Å²) >= 11 is 6.10. The van der Waals surface area contributed by atoms with Gasteiger partial charge in [0.05, 0.1) is 35.7 Å². The number of hydrazone groups is 1. The summed E-state index contributed by atoms with van der Waals surface area (Å²) in [6, 6.07) is 17.5. The molecule has 6 heteroatoms. The number of benzene rings is 2. The number of nitriles is 1. The topological polar surface area (TPSA) is 76.9 Å². The van der Waals surface area contributed by atoms with Crippen molar-refractivity contribution in [1.29, 1.82) is 5.26 Å². The van der Waals surface area contributed by atoms with Gasteiger partial charge in [-0.05, 0) is 29.8 Å². The summed E-state index contributed by atoms with van der Waals surface area (Å²) < 4.78 is 0. The molecule has 0 fully saturated rings. The van der Waals surface area contributed by atoms with Crippen LogP contribution in [-0.2, 0) is 6.42 Å². The number of nitrogens with one attached hydrogen (secondary N) is 2. The molecule has 0 spiro atoms. The van der Waals surface area contributed by atoms with E-state index in [9.17, 15) is 0 Å². The minimum absolute atomic E-state index is 0.400. The van der Waals surface area contributed by atoms with Gasteiger partial charge in [-0.1, -0.05) is 35.9 Å². The van der Waals surface area contributed by atoms with Crippen LogP contribution in [0.25, 0.3) is 11.0 Å². The molecule has 0 saturated heterocycles. The van der Waals surface area contributed by atoms with Gasteiger partial charge in [-0.2, -0.15) is 10.4 Å². The molecular formula is C18H16ClN5. The summed E-state index contributed by atoms with van der Waals surface area (Å²) in [4.78, 5) is 7.90. The maximum absolute atomic E-state index is 8.63. The molecule has 3 aromatic rings. The van der Waals surface area contributed by atoms with Crippen LogP contribution in [0.1, 0.15) is 17.8 Å². The molecule has 0 saturated carbocycles. The number of aromatic amines is 1. The van der Waals surface area contributed by atoms with Crippen LogP contribution in [0.5, 0.6) is 0 Å². The number of H-pyrrole nitrogens is 1. The van der Waals surface area contributed by atoms with Crippen molar-refractivity contribution in [2.24, 2.45) is 5.10 Å². The average molecular weight is 338 g/mol. The molecule has 1 aromatic heterocycles. The smallest absolute Gasteiger partial charge is 0.113 e. The van der Waals surface area contributed by atoms with Gasteiger partial charge in [0, 0.05) is 11.6 Å². The standard InChI is InChI=1S/C18H16ClN5/c19-14-6-3-5-13(11-14)17(24-21-10-4-9-20)12-18-22-15-7-1-2-8-16(15)23-18/h1-3,5-8,11,21H,4,10,12H2,(H,22,23)/b24-17+. The minimum Gasteiger partial charge on any atom is -0.342 e. The number of halogens is 1. The number of imidazole rings is 1. The number of hydrogen-bond donors (Lipinski definition) is 2. The van der Waals surface area contributed by atoms with Gasteiger partial charge in [0.25, 0.3) is 0 Å². The molecule has 0 atom stereocenters. The van der Waals surface area contributed by atoms with Gasteiger partial charge in [0.15, 0.2) is 0 Å². The molecule has 0 unspecified atom stereocenters. The molecule has 1 heterocycles. The van der Waals surface area contributed by atoms with E-state index in [1.165, 1.54) is 0 Å². The van der Waals surface area contributed by atoms with Gasteiger partial charge in [-0.15, -0.1) is 0 Å². The molecule has 5 nitrogen and oxygen atoms in total. The molecule has 0 radical (unpaired) electrons. The van der Waals surface area contributed by atoms with E-state index in [4.69, 9.17) is 16.9 Å². The van der Waals surface area contributed by atoms with E-state index in [0.29, 0.717) is 24.4 Å². The second-order valence-electron chi connectivity index (χ2n) is 5.26. The molecule has 3 rings (SSSR count). The largest absolute Gasteiger partial charge is 0.342 e. The highest BCUT2D eigenvalue weighted by atomic mass is 35.5. The van der Waals surface area contributed by atoms with Gasteiger partial charge in [-0.25, -0.2) is 4.98 Å². The maximum Gasteiger partial charge on any atom is 0.113 e. The van der Waals surface area contributed by atoms with E-state index in [1.807, 2.05) is 48.5 Å². The van der Waals surface area contributed by atoms with Crippen LogP contribution >= 0.6 is 11.6 Å². The van der Waals surface area contributed by atoms with E-state index >= 15 is 0 Å². The predicted molar refractivity (Wildman–Crippen MR) is 96.0 cm³/mol. The summed E-state index contributed by atoms with van der Waals surface area (Å²) in [5.74, 6) is 0.831. The lowest BCUT2D eigenvalue weighted by atomic mass is 10.1. The Morgan fingerprint density at radius 2 is 2.12 bits per heavy atom. The van der Waals surface area contributed by atoms with E-state index < -0.39 is 0 Å². The number of nitrogens with zero attached hydrogens (tertiary/aromatic N) is 3. The number of rotatable bonds is 6. The number of para-hydroxylation sites is 2. The fourth-order valence-electron chi connectivity index (χ4n) is 2.39. The second kappa shape index (κ2) is 7.62. The lowest BCUT2D eigenvalue weighted by molar-refractivity contribution is 0.744. The average Bonchev–Trinajstić information content (AvgIpc) is 3.00. The van der Waals surface area contributed by atoms with Gasteiger partial charge in [0.1, 0.15) is 5.82 Å². The van der Waals surface area contributed by atoms with Crippen molar-refractivity contribution in [2.75, 3.05) is 6.54 Å². The van der Waals surface area contributed by atoms with Crippen molar-refractivity contribution in [2.45, 2.75) is 12.8 Å². The number of hydrogen-bond acceptors (Lipinski definition) is 4. The number of fused-ring (bicyclic) bond motifs is 1. The lowest BCUT2D eigenvalue weighted by Crippen LogP contribution is -2.15. The highest BCUT2D eigenvalue weighted by molar-refractivity contribution is 6.31. The molecule has 0 bridgehead atoms. The van der Waals surface area contributed by atoms with E-state index in [1.54, 1.807) is 0 Å². The Balaban J connectivity index is 1.87. The first-order valence-corrected chi connectivity index (χ1v) is 8.00. The van der Waals surface area contributed by atoms with Crippen molar-refractivity contribution in [3.63, 3.8) is 0 Å². The van der Waals surface area contributed by atoms with Crippen LogP contribution in [0.4, 0.5) is 0 Å². The minimum atomic E-state index is 0.400. The summed E-state index contributed by atoms with van der Waals surface area (Å²) in [6.45, 7) is 0.501. The molecule has 120 valence electrons. The Bertz CT molecular complexity index is 874. The third-order valence-electron chi connectivity index (χ3n) is 3.49. The third kappa shape index (κ3) is 3.92. The first-order chi connectivity index (χ1) is 11.8. The summed E-state index contributed by atoms with van der Waals surface area (Å²) in [7, 11) is 0. The molecule has 2 N–H and O–H groups in total. The zero-order valence-corrected chi connectivity index (χ0v) is 13.7. The van der Waals surface area contributed by atoms with Gasteiger partial charge in [0.2, 0.25) is 0 Å². The Morgan fingerprint density at radius 1 is 1.25 bits per heavy atom. The van der Waals surface area contributed by atoms with Crippen LogP contribution in [0.15, 0.2) is 53.6 Å². The fourth-order valence-corrected chi connectivity index (χ4v) is 2.58. The summed E-state index contributed by atoms with van der Waals surface area (Å²) in [5, 5.41) is 13.7. The van der Waals surface area contributed by atoms with Crippen molar-refractivity contribution < 1.29 is 0 Å². The van der Waals surface area contributed by atoms with Crippen molar-refractivity contribution in [3.8, 4) is 6.07 Å². The quantitative estimate of drug-likeness (QED) is 0.409. The van der Waals surface area contributed by atoms with Crippen molar-refractivity contribution in [1.82, 2.24) is 15.4 Å². The first-order valence-electron chi connectivity index (χ1n) is 7.62. The summed E-state index contributed by atoms with van der Waals surface area (Å²) in [6.07, 6.45) is 0.936. The Labute approximate surface area is 145 Å². The molecule has 0 aliphatic carbocycles. The highest BCUT2D eigenvalue weighted by Gasteiger charge is 2.10. The summed E-state index contributed by atoms with van der Waals surface area (Å²) in [5.41, 5.74) is 6.60. The monoisotopic (exact) mass is 337 g/mol. The zero-order valence-electron chi connectivity index (χ0n) is 13.0. The van der Waals surface area contributed by atoms with E-state index in [0.717, 1.165) is 28.1 Å². The van der Waals surface area contributed by atoms with Gasteiger partial charge >= 0.3 is 0 Å². The van der Waals surface area contributed by atoms with Crippen molar-refractivity contribution in [3.05, 3.63) is 64.9 Å². The van der Waals surface area contributed by atoms with Crippen LogP contribution in [-0.4, -0.2) is 22.2 Å². The molecular weight excluding hydrogens is 322 g/mol. The van der Waals surface area contributed by atoms with Gasteiger partial charge < -0.3 is 10.4 Å². The van der Waals surface area contributed by atoms with E-state index in [2.05, 4.69) is 26.6 Å². The maximum atomic E-state index is 8.63. The highest BCUT2D eigenvalue weighted by Crippen LogP contribution is 2.15. The third-order valence-corrected chi connectivity index (χ3v) is 3.73. The molecule has 2 aromatic carbocycles. The Morgan fingerprint density at radius 3 is 2.92 bits per heavy atom. The lowest BCUT2D eigenvalue weighted by Gasteiger charge is -2.07. The normalized spacial score (nSPS) is 11.4. The predicted octanol–water partition coefficient (Wildman–Crippen LogP) is 3.67. The Kier molecular flexibility index (Phi) is 5.09. The molecule has 0 aliphatic rings. The second-order valence-corrected chi connectivity index (χ2v) is 5.70. The van der Waals surface area contributed by atoms with Crippen LogP contribution in [0.3, 0.4) is 0 Å². The Hall–Kier alpha value is -2.84. The first kappa shape index (κ1) is 16.0. The van der Waals surface area contributed by atoms with Crippen LogP contribution in [0, 0.1) is 11.3 Å². The van der Waals surface area contributed by atoms with Crippen LogP contribution < -0.4 is 5.43 Å². The zero-order chi connectivity index (χ0) is 16.8. The molecule has 24 heavy (non-hydrogen) atoms. The molecule has 0 aliphatic heterocycles. The number of aromatic nitrogens is 2. The van der Waals surface area contributed by atoms with Gasteiger partial charge in [-0.3, -0.25) is 0 Å². The van der Waals surface area contributed by atoms with Crippen LogP contribution in [0.2, 0.25) is 5.02 Å². The van der Waals surface area contributed by atoms with Crippen molar-refractivity contribution >= 4 is 28.3 Å². The SMILES string of the molecule is N#CCCN/N=C(\Cc1nc2ccccc2[nH]1)c1cccc(Cl)c1. The molecule has 0 amide bonds. The fraction of sp³-hybridized carbons (Fsp3) is 0.167. The van der Waals surface area contributed by atoms with E-state index in [-0.39, 0.29) is 0 Å².